The maximum atomic E-state index is 12.4. The minimum absolute atomic E-state index is 0.0748. The van der Waals surface area contributed by atoms with Crippen LogP contribution in [0.1, 0.15) is 56.5 Å². The third kappa shape index (κ3) is 6.64. The van der Waals surface area contributed by atoms with Gasteiger partial charge in [0.15, 0.2) is 11.5 Å². The number of anilines is 2. The van der Waals surface area contributed by atoms with E-state index >= 15 is 0 Å². The summed E-state index contributed by atoms with van der Waals surface area (Å²) in [5.41, 5.74) is 8.37. The Morgan fingerprint density at radius 3 is 2.52 bits per heavy atom. The SMILES string of the molecule is CCCCNc1nc(N)c2ncn(Cc3ccc(C(=O)NCC(=O)NC(C)(C)C)cc3)c2n1. The number of nitrogens with two attached hydrogens (primary N) is 1. The fraction of sp³-hybridized carbons (Fsp3) is 0.435. The van der Waals surface area contributed by atoms with E-state index in [-0.39, 0.29) is 23.9 Å². The van der Waals surface area contributed by atoms with Gasteiger partial charge in [0.25, 0.3) is 5.91 Å². The molecule has 2 aromatic heterocycles. The van der Waals surface area contributed by atoms with Gasteiger partial charge in [-0.05, 0) is 44.9 Å². The predicted octanol–water partition coefficient (Wildman–Crippen LogP) is 2.31. The molecule has 2 heterocycles. The number of hydrogen-bond acceptors (Lipinski definition) is 7. The van der Waals surface area contributed by atoms with Crippen molar-refractivity contribution in [2.45, 2.75) is 52.6 Å². The molecule has 33 heavy (non-hydrogen) atoms. The molecule has 10 nitrogen and oxygen atoms in total. The second kappa shape index (κ2) is 10.3. The van der Waals surface area contributed by atoms with Crippen molar-refractivity contribution in [3.8, 4) is 0 Å². The lowest BCUT2D eigenvalue weighted by Crippen LogP contribution is -2.45. The molecule has 0 saturated heterocycles. The topological polar surface area (TPSA) is 140 Å². The number of nitrogens with zero attached hydrogens (tertiary/aromatic N) is 4. The van der Waals surface area contributed by atoms with Crippen LogP contribution < -0.4 is 21.7 Å². The summed E-state index contributed by atoms with van der Waals surface area (Å²) in [5, 5.41) is 8.65. The molecule has 3 rings (SSSR count). The number of nitrogen functional groups attached to an aromatic ring is 1. The summed E-state index contributed by atoms with van der Waals surface area (Å²) < 4.78 is 1.89. The molecule has 176 valence electrons. The third-order valence-electron chi connectivity index (χ3n) is 4.80. The molecule has 3 aromatic rings. The molecular formula is C23H32N8O2. The number of unbranched alkanes of at least 4 members (excludes halogenated alkanes) is 1. The molecular weight excluding hydrogens is 420 g/mol. The number of hydrogen-bond donors (Lipinski definition) is 4. The highest BCUT2D eigenvalue weighted by molar-refractivity contribution is 5.96. The first-order valence-electron chi connectivity index (χ1n) is 11.1. The fourth-order valence-electron chi connectivity index (χ4n) is 3.22. The molecule has 5 N–H and O–H groups in total. The molecule has 0 atom stereocenters. The number of carbonyl (C=O) groups excluding carboxylic acids is 2. The van der Waals surface area contributed by atoms with Crippen LogP contribution in [0, 0.1) is 0 Å². The fourth-order valence-corrected chi connectivity index (χ4v) is 3.22. The average molecular weight is 453 g/mol. The van der Waals surface area contributed by atoms with E-state index in [1.807, 2.05) is 37.5 Å². The lowest BCUT2D eigenvalue weighted by molar-refractivity contribution is -0.121. The predicted molar refractivity (Wildman–Crippen MR) is 129 cm³/mol. The number of benzene rings is 1. The Morgan fingerprint density at radius 1 is 1.12 bits per heavy atom. The van der Waals surface area contributed by atoms with Crippen LogP contribution >= 0.6 is 0 Å². The first-order chi connectivity index (χ1) is 15.7. The summed E-state index contributed by atoms with van der Waals surface area (Å²) in [6.45, 7) is 8.99. The number of aromatic nitrogens is 4. The van der Waals surface area contributed by atoms with E-state index in [0.29, 0.717) is 35.0 Å². The van der Waals surface area contributed by atoms with Crippen molar-refractivity contribution < 1.29 is 9.59 Å². The Bertz CT molecular complexity index is 1120. The standard InChI is InChI=1S/C23H32N8O2/c1-5-6-11-25-22-28-19(24)18-20(29-22)31(14-27-18)13-15-7-9-16(10-8-15)21(33)26-12-17(32)30-23(2,3)4/h7-10,14H,5-6,11-13H2,1-4H3,(H,26,33)(H,30,32)(H3,24,25,28,29). The summed E-state index contributed by atoms with van der Waals surface area (Å²) in [6, 6.07) is 7.18. The zero-order valence-electron chi connectivity index (χ0n) is 19.6. The Balaban J connectivity index is 1.65. The average Bonchev–Trinajstić information content (AvgIpc) is 3.15. The minimum Gasteiger partial charge on any atom is -0.382 e. The highest BCUT2D eigenvalue weighted by atomic mass is 16.2. The highest BCUT2D eigenvalue weighted by Gasteiger charge is 2.15. The molecule has 0 aliphatic heterocycles. The maximum absolute atomic E-state index is 12.4. The molecule has 0 aliphatic rings. The smallest absolute Gasteiger partial charge is 0.251 e. The van der Waals surface area contributed by atoms with Gasteiger partial charge in [-0.1, -0.05) is 25.5 Å². The lowest BCUT2D eigenvalue weighted by Gasteiger charge is -2.20. The zero-order valence-corrected chi connectivity index (χ0v) is 19.6. The molecule has 0 saturated carbocycles. The number of carbonyl (C=O) groups is 2. The van der Waals surface area contributed by atoms with Crippen LogP contribution in [0.15, 0.2) is 30.6 Å². The Labute approximate surface area is 193 Å². The van der Waals surface area contributed by atoms with Crippen molar-refractivity contribution in [3.63, 3.8) is 0 Å². The lowest BCUT2D eigenvalue weighted by atomic mass is 10.1. The van der Waals surface area contributed by atoms with Crippen LogP contribution in [0.4, 0.5) is 11.8 Å². The van der Waals surface area contributed by atoms with E-state index in [2.05, 4.69) is 37.8 Å². The molecule has 0 bridgehead atoms. The van der Waals surface area contributed by atoms with Crippen molar-refractivity contribution in [1.29, 1.82) is 0 Å². The van der Waals surface area contributed by atoms with Crippen LogP contribution in [0.25, 0.3) is 11.2 Å². The molecule has 2 amide bonds. The van der Waals surface area contributed by atoms with Crippen LogP contribution in [-0.4, -0.2) is 50.0 Å². The van der Waals surface area contributed by atoms with Crippen LogP contribution in [0.5, 0.6) is 0 Å². The zero-order chi connectivity index (χ0) is 24.0. The molecule has 10 heteroatoms. The van der Waals surface area contributed by atoms with Gasteiger partial charge >= 0.3 is 0 Å². The van der Waals surface area contributed by atoms with Gasteiger partial charge in [-0.25, -0.2) is 4.98 Å². The van der Waals surface area contributed by atoms with Crippen molar-refractivity contribution >= 4 is 34.7 Å². The van der Waals surface area contributed by atoms with Gasteiger partial charge in [0.2, 0.25) is 11.9 Å². The normalized spacial score (nSPS) is 11.4. The molecule has 0 unspecified atom stereocenters. The Hall–Kier alpha value is -3.69. The maximum Gasteiger partial charge on any atom is 0.251 e. The quantitative estimate of drug-likeness (QED) is 0.365. The van der Waals surface area contributed by atoms with Gasteiger partial charge in [0, 0.05) is 17.6 Å². The molecule has 0 radical (unpaired) electrons. The van der Waals surface area contributed by atoms with Gasteiger partial charge in [-0.2, -0.15) is 9.97 Å². The van der Waals surface area contributed by atoms with Gasteiger partial charge in [0.1, 0.15) is 5.52 Å². The van der Waals surface area contributed by atoms with Crippen molar-refractivity contribution in [3.05, 3.63) is 41.7 Å². The van der Waals surface area contributed by atoms with Crippen molar-refractivity contribution in [1.82, 2.24) is 30.2 Å². The summed E-state index contributed by atoms with van der Waals surface area (Å²) in [5.74, 6) is 0.282. The van der Waals surface area contributed by atoms with Crippen molar-refractivity contribution in [2.24, 2.45) is 0 Å². The number of imidazole rings is 1. The summed E-state index contributed by atoms with van der Waals surface area (Å²) in [4.78, 5) is 37.5. The Kier molecular flexibility index (Phi) is 7.47. The van der Waals surface area contributed by atoms with E-state index in [9.17, 15) is 9.59 Å². The third-order valence-corrected chi connectivity index (χ3v) is 4.80. The van der Waals surface area contributed by atoms with E-state index < -0.39 is 0 Å². The number of nitrogens with one attached hydrogen (secondary N) is 3. The molecule has 0 aliphatic carbocycles. The van der Waals surface area contributed by atoms with Gasteiger partial charge < -0.3 is 26.3 Å². The second-order valence-electron chi connectivity index (χ2n) is 8.94. The van der Waals surface area contributed by atoms with Gasteiger partial charge in [-0.15, -0.1) is 0 Å². The van der Waals surface area contributed by atoms with Gasteiger partial charge in [-0.3, -0.25) is 9.59 Å². The highest BCUT2D eigenvalue weighted by Crippen LogP contribution is 2.19. The van der Waals surface area contributed by atoms with E-state index in [1.165, 1.54) is 0 Å². The van der Waals surface area contributed by atoms with E-state index in [4.69, 9.17) is 5.73 Å². The van der Waals surface area contributed by atoms with E-state index in [1.54, 1.807) is 18.5 Å². The first kappa shape index (κ1) is 24.0. The monoisotopic (exact) mass is 452 g/mol. The van der Waals surface area contributed by atoms with Gasteiger partial charge in [0.05, 0.1) is 19.4 Å². The second-order valence-corrected chi connectivity index (χ2v) is 8.94. The number of rotatable bonds is 9. The number of fused-ring (bicyclic) bond motifs is 1. The number of amides is 2. The first-order valence-corrected chi connectivity index (χ1v) is 11.1. The Morgan fingerprint density at radius 2 is 1.85 bits per heavy atom. The van der Waals surface area contributed by atoms with Crippen LogP contribution in [0.2, 0.25) is 0 Å². The molecule has 1 aromatic carbocycles. The largest absolute Gasteiger partial charge is 0.382 e. The van der Waals surface area contributed by atoms with Crippen LogP contribution in [0.3, 0.4) is 0 Å². The molecule has 0 fully saturated rings. The minimum atomic E-state index is -0.344. The van der Waals surface area contributed by atoms with Crippen molar-refractivity contribution in [2.75, 3.05) is 24.1 Å². The summed E-state index contributed by atoms with van der Waals surface area (Å²) >= 11 is 0. The van der Waals surface area contributed by atoms with E-state index in [0.717, 1.165) is 24.9 Å². The molecule has 0 spiro atoms. The summed E-state index contributed by atoms with van der Waals surface area (Å²) in [6.07, 6.45) is 3.77. The summed E-state index contributed by atoms with van der Waals surface area (Å²) in [7, 11) is 0. The van der Waals surface area contributed by atoms with Crippen LogP contribution in [-0.2, 0) is 11.3 Å².